The first-order valence-electron chi connectivity index (χ1n) is 10.0. The fraction of sp³-hybridized carbons (Fsp3) is 0.435. The number of carboxylic acids is 1. The molecule has 1 saturated carbocycles. The lowest BCUT2D eigenvalue weighted by molar-refractivity contribution is 0.0697. The first-order chi connectivity index (χ1) is 13.2. The number of carbonyl (C=O) groups is 1. The number of nitrogens with one attached hydrogen (secondary N) is 1. The molecule has 27 heavy (non-hydrogen) atoms. The maximum atomic E-state index is 11.0. The normalized spacial score (nSPS) is 25.3. The average molecular weight is 364 g/mol. The monoisotopic (exact) mass is 364 g/mol. The summed E-state index contributed by atoms with van der Waals surface area (Å²) in [6, 6.07) is 18.6. The van der Waals surface area contributed by atoms with Gasteiger partial charge in [0.1, 0.15) is 0 Å². The molecule has 0 bridgehead atoms. The predicted octanol–water partition coefficient (Wildman–Crippen LogP) is 3.78. The van der Waals surface area contributed by atoms with Crippen LogP contribution in [-0.4, -0.2) is 35.1 Å². The quantitative estimate of drug-likeness (QED) is 0.819. The molecule has 4 rings (SSSR count). The average Bonchev–Trinajstić information content (AvgIpc) is 3.10. The summed E-state index contributed by atoms with van der Waals surface area (Å²) in [5.41, 5.74) is 2.91. The van der Waals surface area contributed by atoms with Gasteiger partial charge in [-0.1, -0.05) is 48.9 Å². The molecule has 1 saturated heterocycles. The number of rotatable bonds is 6. The minimum absolute atomic E-state index is 0.351. The number of hydrogen-bond donors (Lipinski definition) is 2. The maximum Gasteiger partial charge on any atom is 0.335 e. The molecule has 1 aliphatic heterocycles. The van der Waals surface area contributed by atoms with Gasteiger partial charge in [-0.15, -0.1) is 0 Å². The van der Waals surface area contributed by atoms with Crippen LogP contribution in [0.1, 0.15) is 40.7 Å². The lowest BCUT2D eigenvalue weighted by Crippen LogP contribution is -2.42. The zero-order valence-corrected chi connectivity index (χ0v) is 15.7. The molecular weight excluding hydrogens is 336 g/mol. The van der Waals surface area contributed by atoms with Crippen molar-refractivity contribution in [2.75, 3.05) is 13.1 Å². The highest BCUT2D eigenvalue weighted by Gasteiger charge is 2.39. The zero-order chi connectivity index (χ0) is 18.6. The molecule has 0 aromatic heterocycles. The Morgan fingerprint density at radius 1 is 1.00 bits per heavy atom. The van der Waals surface area contributed by atoms with E-state index < -0.39 is 5.97 Å². The van der Waals surface area contributed by atoms with Crippen molar-refractivity contribution in [3.8, 4) is 0 Å². The van der Waals surface area contributed by atoms with Crippen molar-refractivity contribution in [2.45, 2.75) is 38.4 Å². The molecule has 2 aromatic rings. The van der Waals surface area contributed by atoms with Crippen molar-refractivity contribution in [3.63, 3.8) is 0 Å². The third kappa shape index (κ3) is 4.40. The summed E-state index contributed by atoms with van der Waals surface area (Å²) in [6.07, 6.45) is 3.89. The van der Waals surface area contributed by atoms with Crippen LogP contribution in [0, 0.1) is 11.8 Å². The van der Waals surface area contributed by atoms with E-state index in [-0.39, 0.29) is 0 Å². The van der Waals surface area contributed by atoms with E-state index in [4.69, 9.17) is 5.11 Å². The number of likely N-dealkylation sites (tertiary alicyclic amines) is 1. The van der Waals surface area contributed by atoms with E-state index in [2.05, 4.69) is 40.5 Å². The second-order valence-corrected chi connectivity index (χ2v) is 8.02. The molecule has 3 unspecified atom stereocenters. The molecule has 142 valence electrons. The van der Waals surface area contributed by atoms with Crippen molar-refractivity contribution in [1.82, 2.24) is 10.2 Å². The lowest BCUT2D eigenvalue weighted by Gasteiger charge is -2.34. The van der Waals surface area contributed by atoms with Gasteiger partial charge in [0.05, 0.1) is 5.56 Å². The van der Waals surface area contributed by atoms with E-state index in [9.17, 15) is 4.79 Å². The summed E-state index contributed by atoms with van der Waals surface area (Å²) >= 11 is 0. The van der Waals surface area contributed by atoms with E-state index >= 15 is 0 Å². The summed E-state index contributed by atoms with van der Waals surface area (Å²) in [5.74, 6) is 0.657. The predicted molar refractivity (Wildman–Crippen MR) is 107 cm³/mol. The first kappa shape index (κ1) is 18.2. The number of carboxylic acid groups (broad SMARTS) is 1. The molecule has 1 heterocycles. The van der Waals surface area contributed by atoms with Gasteiger partial charge in [-0.2, -0.15) is 0 Å². The lowest BCUT2D eigenvalue weighted by atomic mass is 9.78. The summed E-state index contributed by atoms with van der Waals surface area (Å²) in [6.45, 7) is 4.25. The summed E-state index contributed by atoms with van der Waals surface area (Å²) in [5, 5.41) is 12.8. The van der Waals surface area contributed by atoms with Gasteiger partial charge in [0.2, 0.25) is 0 Å². The van der Waals surface area contributed by atoms with Crippen LogP contribution in [0.25, 0.3) is 0 Å². The van der Waals surface area contributed by atoms with Crippen molar-refractivity contribution < 1.29 is 9.90 Å². The SMILES string of the molecule is O=C(O)c1ccc(CNC2CCCC3CN(Cc4ccccc4)CC32)cc1. The van der Waals surface area contributed by atoms with Crippen LogP contribution in [0.4, 0.5) is 0 Å². The van der Waals surface area contributed by atoms with Crippen molar-refractivity contribution in [3.05, 3.63) is 71.3 Å². The molecule has 2 fully saturated rings. The van der Waals surface area contributed by atoms with Crippen molar-refractivity contribution >= 4 is 5.97 Å². The Morgan fingerprint density at radius 2 is 1.78 bits per heavy atom. The van der Waals surface area contributed by atoms with Gasteiger partial charge in [0.15, 0.2) is 0 Å². The minimum Gasteiger partial charge on any atom is -0.478 e. The molecule has 2 aliphatic rings. The second-order valence-electron chi connectivity index (χ2n) is 8.02. The van der Waals surface area contributed by atoms with Crippen molar-refractivity contribution in [1.29, 1.82) is 0 Å². The summed E-state index contributed by atoms with van der Waals surface area (Å²) < 4.78 is 0. The highest BCUT2D eigenvalue weighted by molar-refractivity contribution is 5.87. The highest BCUT2D eigenvalue weighted by atomic mass is 16.4. The van der Waals surface area contributed by atoms with Crippen LogP contribution in [0.2, 0.25) is 0 Å². The molecule has 0 amide bonds. The van der Waals surface area contributed by atoms with Crippen LogP contribution < -0.4 is 5.32 Å². The molecule has 2 N–H and O–H groups in total. The third-order valence-electron chi connectivity index (χ3n) is 6.19. The van der Waals surface area contributed by atoms with Crippen molar-refractivity contribution in [2.24, 2.45) is 11.8 Å². The van der Waals surface area contributed by atoms with Gasteiger partial charge in [-0.05, 0) is 47.9 Å². The number of fused-ring (bicyclic) bond motifs is 1. The Kier molecular flexibility index (Phi) is 5.55. The number of hydrogen-bond acceptors (Lipinski definition) is 3. The van der Waals surface area contributed by atoms with E-state index in [0.29, 0.717) is 11.6 Å². The van der Waals surface area contributed by atoms with Crippen LogP contribution in [0.3, 0.4) is 0 Å². The topological polar surface area (TPSA) is 52.6 Å². The number of nitrogens with zero attached hydrogens (tertiary/aromatic N) is 1. The van der Waals surface area contributed by atoms with Gasteiger partial charge < -0.3 is 10.4 Å². The fourth-order valence-electron chi connectivity index (χ4n) is 4.80. The molecule has 4 heteroatoms. The summed E-state index contributed by atoms with van der Waals surface area (Å²) in [4.78, 5) is 13.6. The summed E-state index contributed by atoms with van der Waals surface area (Å²) in [7, 11) is 0. The smallest absolute Gasteiger partial charge is 0.335 e. The van der Waals surface area contributed by atoms with Gasteiger partial charge in [0.25, 0.3) is 0 Å². The molecule has 2 aromatic carbocycles. The highest BCUT2D eigenvalue weighted by Crippen LogP contribution is 2.37. The molecule has 0 spiro atoms. The Hall–Kier alpha value is -2.17. The van der Waals surface area contributed by atoms with E-state index in [0.717, 1.165) is 30.5 Å². The van der Waals surface area contributed by atoms with Gasteiger partial charge in [-0.3, -0.25) is 4.90 Å². The van der Waals surface area contributed by atoms with Crippen LogP contribution in [0.5, 0.6) is 0 Å². The third-order valence-corrected chi connectivity index (χ3v) is 6.19. The number of benzene rings is 2. The number of aromatic carboxylic acids is 1. The Balaban J connectivity index is 1.34. The van der Waals surface area contributed by atoms with E-state index in [1.54, 1.807) is 12.1 Å². The second kappa shape index (κ2) is 8.24. The Bertz CT molecular complexity index is 760. The molecular formula is C23H28N2O2. The first-order valence-corrected chi connectivity index (χ1v) is 10.0. The van der Waals surface area contributed by atoms with Gasteiger partial charge >= 0.3 is 5.97 Å². The molecule has 3 atom stereocenters. The van der Waals surface area contributed by atoms with Gasteiger partial charge in [-0.25, -0.2) is 4.79 Å². The van der Waals surface area contributed by atoms with Gasteiger partial charge in [0, 0.05) is 32.2 Å². The fourth-order valence-corrected chi connectivity index (χ4v) is 4.80. The Labute approximate surface area is 161 Å². The van der Waals surface area contributed by atoms with Crippen LogP contribution in [-0.2, 0) is 13.1 Å². The standard InChI is InChI=1S/C23H28N2O2/c26-23(27)19-11-9-17(10-12-19)13-24-22-8-4-7-20-15-25(16-21(20)22)14-18-5-2-1-3-6-18/h1-3,5-6,9-12,20-22,24H,4,7-8,13-16H2,(H,26,27). The maximum absolute atomic E-state index is 11.0. The Morgan fingerprint density at radius 3 is 2.52 bits per heavy atom. The van der Waals surface area contributed by atoms with E-state index in [1.807, 2.05) is 12.1 Å². The van der Waals surface area contributed by atoms with E-state index in [1.165, 1.54) is 37.9 Å². The largest absolute Gasteiger partial charge is 0.478 e. The van der Waals surface area contributed by atoms with Crippen LogP contribution in [0.15, 0.2) is 54.6 Å². The molecule has 1 aliphatic carbocycles. The molecule has 4 nitrogen and oxygen atoms in total. The van der Waals surface area contributed by atoms with Crippen LogP contribution >= 0.6 is 0 Å². The minimum atomic E-state index is -0.867. The molecule has 0 radical (unpaired) electrons. The zero-order valence-electron chi connectivity index (χ0n) is 15.7.